The molecule has 0 aliphatic carbocycles. The molecule has 0 radical (unpaired) electrons. The summed E-state index contributed by atoms with van der Waals surface area (Å²) in [6, 6.07) is 66.4. The minimum Gasteiger partial charge on any atom is -0.456 e. The fourth-order valence-corrected chi connectivity index (χ4v) is 8.05. The van der Waals surface area contributed by atoms with Crippen LogP contribution in [-0.4, -0.2) is 15.0 Å². The van der Waals surface area contributed by atoms with Gasteiger partial charge in [-0.2, -0.15) is 0 Å². The van der Waals surface area contributed by atoms with Gasteiger partial charge in [0.2, 0.25) is 0 Å². The molecule has 0 spiro atoms. The number of benzene rings is 8. The predicted octanol–water partition coefficient (Wildman–Crippen LogP) is 12.7. The Bertz CT molecular complexity index is 2910. The first-order valence-corrected chi connectivity index (χ1v) is 18.5. The van der Waals surface area contributed by atoms with E-state index in [-0.39, 0.29) is 0 Å². The van der Waals surface area contributed by atoms with Crippen LogP contribution in [-0.2, 0) is 5.41 Å². The molecule has 10 rings (SSSR count). The van der Waals surface area contributed by atoms with Gasteiger partial charge in [0.05, 0.1) is 17.6 Å². The minimum atomic E-state index is -0.684. The van der Waals surface area contributed by atoms with Crippen LogP contribution in [0.2, 0.25) is 0 Å². The third-order valence-corrected chi connectivity index (χ3v) is 10.7. The van der Waals surface area contributed by atoms with Crippen molar-refractivity contribution >= 4 is 16.5 Å². The third-order valence-electron chi connectivity index (χ3n) is 10.7. The molecule has 1 aromatic heterocycles. The second kappa shape index (κ2) is 13.6. The van der Waals surface area contributed by atoms with Gasteiger partial charge in [0.1, 0.15) is 11.5 Å². The highest BCUT2D eigenvalue weighted by Gasteiger charge is 2.46. The lowest BCUT2D eigenvalue weighted by Crippen LogP contribution is -2.34. The van der Waals surface area contributed by atoms with Gasteiger partial charge in [0.25, 0.3) is 0 Å². The maximum absolute atomic E-state index is 7.39. The van der Waals surface area contributed by atoms with Crippen LogP contribution in [0.25, 0.3) is 60.9 Å². The van der Waals surface area contributed by atoms with E-state index >= 15 is 0 Å². The van der Waals surface area contributed by atoms with E-state index in [9.17, 15) is 0 Å². The Morgan fingerprint density at radius 1 is 0.429 bits per heavy atom. The summed E-state index contributed by atoms with van der Waals surface area (Å²) >= 11 is 0. The van der Waals surface area contributed by atoms with Gasteiger partial charge in [-0.15, -0.1) is 0 Å². The smallest absolute Gasteiger partial charge is 0.187 e. The highest BCUT2D eigenvalue weighted by Crippen LogP contribution is 2.57. The van der Waals surface area contributed by atoms with Crippen LogP contribution < -0.4 is 4.74 Å². The molecular weight excluding hydrogens is 685 g/mol. The van der Waals surface area contributed by atoms with E-state index in [1.54, 1.807) is 0 Å². The monoisotopic (exact) mass is 716 g/mol. The molecule has 0 N–H and O–H groups in total. The van der Waals surface area contributed by atoms with Gasteiger partial charge in [0.15, 0.2) is 23.2 Å². The van der Waals surface area contributed by atoms with Crippen molar-refractivity contribution < 1.29 is 4.74 Å². The van der Waals surface area contributed by atoms with Crippen LogP contribution in [0.5, 0.6) is 11.5 Å². The zero-order valence-corrected chi connectivity index (χ0v) is 30.2. The average Bonchev–Trinajstić information content (AvgIpc) is 3.28. The number of rotatable bonds is 6. The van der Waals surface area contributed by atoms with Crippen molar-refractivity contribution in [2.75, 3.05) is 0 Å². The summed E-state index contributed by atoms with van der Waals surface area (Å²) in [6.07, 6.45) is 0. The van der Waals surface area contributed by atoms with Crippen molar-refractivity contribution in [3.8, 4) is 56.8 Å². The van der Waals surface area contributed by atoms with Crippen molar-refractivity contribution in [1.82, 2.24) is 15.0 Å². The molecule has 2 heterocycles. The number of hydrogen-bond acceptors (Lipinski definition) is 4. The van der Waals surface area contributed by atoms with E-state index in [1.807, 2.05) is 66.7 Å². The summed E-state index contributed by atoms with van der Waals surface area (Å²) in [5.74, 6) is 3.10. The van der Waals surface area contributed by atoms with E-state index in [0.717, 1.165) is 66.6 Å². The fourth-order valence-electron chi connectivity index (χ4n) is 8.05. The maximum Gasteiger partial charge on any atom is 0.187 e. The van der Waals surface area contributed by atoms with E-state index in [4.69, 9.17) is 26.3 Å². The standard InChI is InChI=1S/C51H32N4O/c1-52-42-30-28-35(29-31-42)37-16-12-17-38(32-37)48-53-49(39-27-26-34-14-8-9-15-36(34)33-39)55-50(54-48)43-22-13-24-45-47(43)56-46-25-11-10-23-44(46)51(45,40-18-4-2-5-19-40)41-20-6-3-7-21-41/h2-33H. The topological polar surface area (TPSA) is 52.3 Å². The second-order valence-corrected chi connectivity index (χ2v) is 13.9. The summed E-state index contributed by atoms with van der Waals surface area (Å²) in [6.45, 7) is 7.39. The summed E-state index contributed by atoms with van der Waals surface area (Å²) in [7, 11) is 0. The number of ether oxygens (including phenoxy) is 1. The Labute approximate surface area is 325 Å². The maximum atomic E-state index is 7.39. The first kappa shape index (κ1) is 32.9. The first-order chi connectivity index (χ1) is 27.7. The second-order valence-electron chi connectivity index (χ2n) is 13.9. The van der Waals surface area contributed by atoms with Crippen molar-refractivity contribution in [3.05, 3.63) is 228 Å². The molecule has 0 amide bonds. The Morgan fingerprint density at radius 2 is 1.00 bits per heavy atom. The summed E-state index contributed by atoms with van der Waals surface area (Å²) in [5.41, 5.74) is 8.77. The molecule has 5 nitrogen and oxygen atoms in total. The van der Waals surface area contributed by atoms with Crippen LogP contribution >= 0.6 is 0 Å². The number of nitrogens with zero attached hydrogens (tertiary/aromatic N) is 4. The molecule has 0 bridgehead atoms. The Hall–Kier alpha value is -7.68. The zero-order valence-electron chi connectivity index (χ0n) is 30.2. The molecule has 9 aromatic rings. The number of fused-ring (bicyclic) bond motifs is 3. The van der Waals surface area contributed by atoms with Crippen LogP contribution in [0.15, 0.2) is 194 Å². The van der Waals surface area contributed by atoms with E-state index in [0.29, 0.717) is 28.9 Å². The quantitative estimate of drug-likeness (QED) is 0.161. The van der Waals surface area contributed by atoms with Gasteiger partial charge in [-0.1, -0.05) is 170 Å². The molecule has 262 valence electrons. The lowest BCUT2D eigenvalue weighted by molar-refractivity contribution is 0.436. The summed E-state index contributed by atoms with van der Waals surface area (Å²) < 4.78 is 6.98. The van der Waals surface area contributed by atoms with Crippen molar-refractivity contribution in [2.24, 2.45) is 0 Å². The van der Waals surface area contributed by atoms with Gasteiger partial charge in [-0.05, 0) is 57.3 Å². The van der Waals surface area contributed by atoms with Gasteiger partial charge in [-0.3, -0.25) is 0 Å². The molecule has 0 saturated carbocycles. The Kier molecular flexibility index (Phi) is 8.01. The van der Waals surface area contributed by atoms with Crippen LogP contribution in [0, 0.1) is 6.57 Å². The van der Waals surface area contributed by atoms with Crippen LogP contribution in [0.3, 0.4) is 0 Å². The molecular formula is C51H32N4O. The van der Waals surface area contributed by atoms with Crippen LogP contribution in [0.4, 0.5) is 5.69 Å². The molecule has 0 atom stereocenters. The van der Waals surface area contributed by atoms with E-state index in [1.165, 1.54) is 0 Å². The molecule has 1 aliphatic heterocycles. The van der Waals surface area contributed by atoms with Gasteiger partial charge >= 0.3 is 0 Å². The van der Waals surface area contributed by atoms with Gasteiger partial charge in [-0.25, -0.2) is 19.8 Å². The third kappa shape index (κ3) is 5.52. The number of para-hydroxylation sites is 2. The molecule has 56 heavy (non-hydrogen) atoms. The highest BCUT2D eigenvalue weighted by molar-refractivity contribution is 5.87. The predicted molar refractivity (Wildman–Crippen MR) is 224 cm³/mol. The summed E-state index contributed by atoms with van der Waals surface area (Å²) in [5, 5.41) is 2.25. The zero-order chi connectivity index (χ0) is 37.5. The molecule has 8 aromatic carbocycles. The summed E-state index contributed by atoms with van der Waals surface area (Å²) in [4.78, 5) is 19.2. The van der Waals surface area contributed by atoms with Gasteiger partial charge in [0, 0.05) is 22.3 Å². The fraction of sp³-hybridized carbons (Fsp3) is 0.0196. The largest absolute Gasteiger partial charge is 0.456 e. The number of hydrogen-bond donors (Lipinski definition) is 0. The van der Waals surface area contributed by atoms with Crippen molar-refractivity contribution in [1.29, 1.82) is 0 Å². The molecule has 0 saturated heterocycles. The Morgan fingerprint density at radius 3 is 1.73 bits per heavy atom. The van der Waals surface area contributed by atoms with Crippen molar-refractivity contribution in [2.45, 2.75) is 5.41 Å². The molecule has 0 fully saturated rings. The minimum absolute atomic E-state index is 0.510. The average molecular weight is 717 g/mol. The highest BCUT2D eigenvalue weighted by atomic mass is 16.5. The SMILES string of the molecule is [C-]#[N+]c1ccc(-c2cccc(-c3nc(-c4ccc5ccccc5c4)nc(-c4cccc5c4Oc4ccccc4C5(c4ccccc4)c4ccccc4)n3)c2)cc1. The lowest BCUT2D eigenvalue weighted by Gasteiger charge is -2.42. The number of aromatic nitrogens is 3. The lowest BCUT2D eigenvalue weighted by atomic mass is 9.63. The van der Waals surface area contributed by atoms with E-state index in [2.05, 4.69) is 132 Å². The van der Waals surface area contributed by atoms with E-state index < -0.39 is 5.41 Å². The van der Waals surface area contributed by atoms with Gasteiger partial charge < -0.3 is 4.74 Å². The normalized spacial score (nSPS) is 12.6. The molecule has 1 aliphatic rings. The van der Waals surface area contributed by atoms with Crippen molar-refractivity contribution in [3.63, 3.8) is 0 Å². The Balaban J connectivity index is 1.22. The van der Waals surface area contributed by atoms with Crippen LogP contribution in [0.1, 0.15) is 22.3 Å². The first-order valence-electron chi connectivity index (χ1n) is 18.5. The molecule has 0 unspecified atom stereocenters. The molecule has 5 heteroatoms.